The molecule has 1 fully saturated rings. The van der Waals surface area contributed by atoms with Crippen LogP contribution in [0.4, 0.5) is 5.69 Å². The first kappa shape index (κ1) is 12.7. The number of rotatable bonds is 3. The number of benzene rings is 1. The molecule has 1 heterocycles. The summed E-state index contributed by atoms with van der Waals surface area (Å²) in [5, 5.41) is 4.28. The molecular formula is C14H21ClN2. The molecule has 1 aliphatic rings. The van der Waals surface area contributed by atoms with E-state index in [1.165, 1.54) is 30.6 Å². The molecule has 1 aromatic carbocycles. The number of hydrogen-bond acceptors (Lipinski definition) is 2. The Kier molecular flexibility index (Phi) is 4.30. The van der Waals surface area contributed by atoms with Gasteiger partial charge in [-0.15, -0.1) is 0 Å². The summed E-state index contributed by atoms with van der Waals surface area (Å²) in [5.41, 5.74) is 2.55. The molecule has 1 aromatic rings. The Balaban J connectivity index is 2.02. The monoisotopic (exact) mass is 252 g/mol. The lowest BCUT2D eigenvalue weighted by molar-refractivity contribution is 0.381. The summed E-state index contributed by atoms with van der Waals surface area (Å²) in [6.07, 6.45) is 2.63. The van der Waals surface area contributed by atoms with E-state index in [0.29, 0.717) is 0 Å². The lowest BCUT2D eigenvalue weighted by Gasteiger charge is -2.29. The Bertz CT molecular complexity index is 372. The Morgan fingerprint density at radius 1 is 1.47 bits per heavy atom. The first-order valence-corrected chi connectivity index (χ1v) is 6.72. The molecule has 1 atom stereocenters. The number of halogens is 1. The fourth-order valence-corrected chi connectivity index (χ4v) is 2.73. The molecular weight excluding hydrogens is 232 g/mol. The van der Waals surface area contributed by atoms with Gasteiger partial charge < -0.3 is 10.2 Å². The third kappa shape index (κ3) is 3.36. The molecule has 2 nitrogen and oxygen atoms in total. The van der Waals surface area contributed by atoms with Gasteiger partial charge in [-0.2, -0.15) is 0 Å². The predicted octanol–water partition coefficient (Wildman–Crippen LogP) is 3.08. The largest absolute Gasteiger partial charge is 0.374 e. The number of hydrogen-bond donors (Lipinski definition) is 1. The summed E-state index contributed by atoms with van der Waals surface area (Å²) >= 11 is 6.06. The normalized spacial score (nSPS) is 20.3. The Hall–Kier alpha value is -0.730. The molecule has 0 aliphatic carbocycles. The third-order valence-electron chi connectivity index (χ3n) is 3.51. The second kappa shape index (κ2) is 5.74. The van der Waals surface area contributed by atoms with E-state index < -0.39 is 0 Å². The van der Waals surface area contributed by atoms with E-state index in [9.17, 15) is 0 Å². The van der Waals surface area contributed by atoms with Gasteiger partial charge in [-0.1, -0.05) is 17.7 Å². The summed E-state index contributed by atoms with van der Waals surface area (Å²) < 4.78 is 0. The fraction of sp³-hybridized carbons (Fsp3) is 0.571. The van der Waals surface area contributed by atoms with Crippen LogP contribution in [0, 0.1) is 12.8 Å². The molecule has 0 amide bonds. The number of nitrogens with one attached hydrogen (secondary N) is 1. The number of piperidine rings is 1. The van der Waals surface area contributed by atoms with Crippen LogP contribution in [-0.2, 0) is 0 Å². The van der Waals surface area contributed by atoms with Gasteiger partial charge in [0, 0.05) is 24.3 Å². The number of aryl methyl sites for hydroxylation is 1. The van der Waals surface area contributed by atoms with Gasteiger partial charge in [-0.25, -0.2) is 0 Å². The predicted molar refractivity (Wildman–Crippen MR) is 75.1 cm³/mol. The van der Waals surface area contributed by atoms with Crippen LogP contribution >= 0.6 is 11.6 Å². The summed E-state index contributed by atoms with van der Waals surface area (Å²) in [6.45, 7) is 5.57. The summed E-state index contributed by atoms with van der Waals surface area (Å²) in [5.74, 6) is 0.757. The minimum atomic E-state index is 0.757. The zero-order chi connectivity index (χ0) is 12.3. The number of anilines is 1. The average molecular weight is 253 g/mol. The standard InChI is InChI=1S/C14H21ClN2/c1-11-5-6-13(15)8-14(11)17(2)10-12-4-3-7-16-9-12/h5-6,8,12,16H,3-4,7,9-10H2,1-2H3. The first-order valence-electron chi connectivity index (χ1n) is 6.35. The van der Waals surface area contributed by atoms with Gasteiger partial charge in [0.25, 0.3) is 0 Å². The second-order valence-corrected chi connectivity index (χ2v) is 5.46. The lowest BCUT2D eigenvalue weighted by Crippen LogP contribution is -2.37. The minimum absolute atomic E-state index is 0.757. The molecule has 0 bridgehead atoms. The minimum Gasteiger partial charge on any atom is -0.374 e. The summed E-state index contributed by atoms with van der Waals surface area (Å²) in [4.78, 5) is 2.33. The van der Waals surface area contributed by atoms with Gasteiger partial charge in [0.2, 0.25) is 0 Å². The van der Waals surface area contributed by atoms with Crippen LogP contribution in [0.2, 0.25) is 5.02 Å². The van der Waals surface area contributed by atoms with Gasteiger partial charge in [0.05, 0.1) is 0 Å². The van der Waals surface area contributed by atoms with E-state index in [0.717, 1.165) is 24.0 Å². The molecule has 0 radical (unpaired) electrons. The maximum Gasteiger partial charge on any atom is 0.0426 e. The molecule has 1 saturated heterocycles. The van der Waals surface area contributed by atoms with Crippen molar-refractivity contribution in [3.8, 4) is 0 Å². The van der Waals surface area contributed by atoms with Crippen LogP contribution in [0.1, 0.15) is 18.4 Å². The van der Waals surface area contributed by atoms with Gasteiger partial charge in [-0.05, 0) is 56.5 Å². The third-order valence-corrected chi connectivity index (χ3v) is 3.75. The van der Waals surface area contributed by atoms with Crippen LogP contribution in [0.25, 0.3) is 0 Å². The maximum absolute atomic E-state index is 6.06. The Morgan fingerprint density at radius 2 is 2.29 bits per heavy atom. The van der Waals surface area contributed by atoms with Crippen LogP contribution in [0.5, 0.6) is 0 Å². The van der Waals surface area contributed by atoms with E-state index in [2.05, 4.69) is 36.3 Å². The van der Waals surface area contributed by atoms with E-state index >= 15 is 0 Å². The molecule has 17 heavy (non-hydrogen) atoms. The zero-order valence-corrected chi connectivity index (χ0v) is 11.4. The Labute approximate surface area is 109 Å². The zero-order valence-electron chi connectivity index (χ0n) is 10.7. The van der Waals surface area contributed by atoms with Crippen LogP contribution in [-0.4, -0.2) is 26.7 Å². The van der Waals surface area contributed by atoms with Crippen molar-refractivity contribution in [1.82, 2.24) is 5.32 Å². The van der Waals surface area contributed by atoms with Crippen molar-refractivity contribution >= 4 is 17.3 Å². The maximum atomic E-state index is 6.06. The van der Waals surface area contributed by atoms with E-state index in [4.69, 9.17) is 11.6 Å². The summed E-state index contributed by atoms with van der Waals surface area (Å²) in [6, 6.07) is 6.11. The van der Waals surface area contributed by atoms with E-state index in [1.54, 1.807) is 0 Å². The molecule has 2 rings (SSSR count). The second-order valence-electron chi connectivity index (χ2n) is 5.02. The molecule has 1 aliphatic heterocycles. The van der Waals surface area contributed by atoms with Crippen molar-refractivity contribution in [2.75, 3.05) is 31.6 Å². The molecule has 0 saturated carbocycles. The molecule has 0 aromatic heterocycles. The fourth-order valence-electron chi connectivity index (χ4n) is 2.56. The van der Waals surface area contributed by atoms with Crippen molar-refractivity contribution in [3.63, 3.8) is 0 Å². The van der Waals surface area contributed by atoms with Gasteiger partial charge in [0.1, 0.15) is 0 Å². The molecule has 1 unspecified atom stereocenters. The van der Waals surface area contributed by atoms with Crippen molar-refractivity contribution in [2.45, 2.75) is 19.8 Å². The SMILES string of the molecule is Cc1ccc(Cl)cc1N(C)CC1CCCNC1. The highest BCUT2D eigenvalue weighted by atomic mass is 35.5. The van der Waals surface area contributed by atoms with Crippen LogP contribution < -0.4 is 10.2 Å². The van der Waals surface area contributed by atoms with Gasteiger partial charge >= 0.3 is 0 Å². The van der Waals surface area contributed by atoms with Crippen molar-refractivity contribution in [2.24, 2.45) is 5.92 Å². The molecule has 1 N–H and O–H groups in total. The lowest BCUT2D eigenvalue weighted by atomic mass is 9.99. The molecule has 94 valence electrons. The highest BCUT2D eigenvalue weighted by Gasteiger charge is 2.16. The topological polar surface area (TPSA) is 15.3 Å². The first-order chi connectivity index (χ1) is 8.16. The van der Waals surface area contributed by atoms with Crippen LogP contribution in [0.3, 0.4) is 0 Å². The highest BCUT2D eigenvalue weighted by molar-refractivity contribution is 6.30. The smallest absolute Gasteiger partial charge is 0.0426 e. The average Bonchev–Trinajstić information content (AvgIpc) is 2.33. The van der Waals surface area contributed by atoms with Crippen molar-refractivity contribution < 1.29 is 0 Å². The van der Waals surface area contributed by atoms with Gasteiger partial charge in [0.15, 0.2) is 0 Å². The Morgan fingerprint density at radius 3 is 3.00 bits per heavy atom. The van der Waals surface area contributed by atoms with Crippen LogP contribution in [0.15, 0.2) is 18.2 Å². The van der Waals surface area contributed by atoms with Crippen molar-refractivity contribution in [3.05, 3.63) is 28.8 Å². The molecule has 3 heteroatoms. The number of nitrogens with zero attached hydrogens (tertiary/aromatic N) is 1. The molecule has 0 spiro atoms. The van der Waals surface area contributed by atoms with E-state index in [1.807, 2.05) is 6.07 Å². The van der Waals surface area contributed by atoms with Gasteiger partial charge in [-0.3, -0.25) is 0 Å². The quantitative estimate of drug-likeness (QED) is 0.890. The van der Waals surface area contributed by atoms with Crippen molar-refractivity contribution in [1.29, 1.82) is 0 Å². The highest BCUT2D eigenvalue weighted by Crippen LogP contribution is 2.24. The van der Waals surface area contributed by atoms with E-state index in [-0.39, 0.29) is 0 Å². The summed E-state index contributed by atoms with van der Waals surface area (Å²) in [7, 11) is 2.16.